The van der Waals surface area contributed by atoms with Gasteiger partial charge >= 0.3 is 0 Å². The molecule has 0 amide bonds. The van der Waals surface area contributed by atoms with Crippen LogP contribution in [-0.4, -0.2) is 0 Å². The second-order valence-corrected chi connectivity index (χ2v) is 3.97. The van der Waals surface area contributed by atoms with Crippen LogP contribution >= 0.6 is 0 Å². The van der Waals surface area contributed by atoms with Crippen molar-refractivity contribution < 1.29 is 0 Å². The summed E-state index contributed by atoms with van der Waals surface area (Å²) in [4.78, 5) is 0. The van der Waals surface area contributed by atoms with E-state index in [4.69, 9.17) is 0 Å². The van der Waals surface area contributed by atoms with Gasteiger partial charge in [0.25, 0.3) is 0 Å². The monoisotopic (exact) mass is 142 g/mol. The van der Waals surface area contributed by atoms with E-state index >= 15 is 0 Å². The van der Waals surface area contributed by atoms with Gasteiger partial charge in [-0.05, 0) is 24.2 Å². The molecule has 0 saturated carbocycles. The van der Waals surface area contributed by atoms with Crippen molar-refractivity contribution in [3.05, 3.63) is 0 Å². The number of rotatable bonds is 4. The third kappa shape index (κ3) is 3.92. The van der Waals surface area contributed by atoms with Crippen LogP contribution in [0.4, 0.5) is 0 Å². The zero-order chi connectivity index (χ0) is 8.15. The van der Waals surface area contributed by atoms with Gasteiger partial charge < -0.3 is 0 Å². The third-order valence-corrected chi connectivity index (χ3v) is 2.61. The minimum Gasteiger partial charge on any atom is -0.0651 e. The molecule has 0 rings (SSSR count). The summed E-state index contributed by atoms with van der Waals surface area (Å²) < 4.78 is 0. The van der Waals surface area contributed by atoms with Gasteiger partial charge in [0.05, 0.1) is 0 Å². The van der Waals surface area contributed by atoms with Gasteiger partial charge in [0.2, 0.25) is 0 Å². The lowest BCUT2D eigenvalue weighted by atomic mass is 9.88. The summed E-state index contributed by atoms with van der Waals surface area (Å²) in [6, 6.07) is 0. The number of hydrogen-bond acceptors (Lipinski definition) is 0. The molecular formula is C10H22. The lowest BCUT2D eigenvalue weighted by Crippen LogP contribution is -2.08. The van der Waals surface area contributed by atoms with Gasteiger partial charge in [0.15, 0.2) is 0 Å². The van der Waals surface area contributed by atoms with E-state index < -0.39 is 0 Å². The Hall–Kier alpha value is 0. The molecule has 0 aromatic carbocycles. The van der Waals surface area contributed by atoms with E-state index in [0.29, 0.717) is 0 Å². The maximum Gasteiger partial charge on any atom is -0.0417 e. The highest BCUT2D eigenvalue weighted by Gasteiger charge is 2.09. The fourth-order valence-corrected chi connectivity index (χ4v) is 1.07. The van der Waals surface area contributed by atoms with Gasteiger partial charge in [0, 0.05) is 0 Å². The van der Waals surface area contributed by atoms with Crippen LogP contribution in [0.15, 0.2) is 0 Å². The molecule has 62 valence electrons. The highest BCUT2D eigenvalue weighted by molar-refractivity contribution is 4.60. The second-order valence-electron chi connectivity index (χ2n) is 3.97. The Morgan fingerprint density at radius 2 is 1.50 bits per heavy atom. The Bertz CT molecular complexity index is 74.1. The first-order valence-electron chi connectivity index (χ1n) is 4.57. The van der Waals surface area contributed by atoms with E-state index in [0.717, 1.165) is 17.8 Å². The van der Waals surface area contributed by atoms with Crippen LogP contribution in [0.2, 0.25) is 0 Å². The molecule has 0 aliphatic carbocycles. The van der Waals surface area contributed by atoms with Crippen LogP contribution in [0, 0.1) is 17.8 Å². The summed E-state index contributed by atoms with van der Waals surface area (Å²) in [5.41, 5.74) is 0. The van der Waals surface area contributed by atoms with E-state index in [1.54, 1.807) is 0 Å². The summed E-state index contributed by atoms with van der Waals surface area (Å²) in [6.45, 7) is 11.6. The van der Waals surface area contributed by atoms with Gasteiger partial charge in [0.1, 0.15) is 0 Å². The van der Waals surface area contributed by atoms with Crippen LogP contribution < -0.4 is 0 Å². The molecule has 0 unspecified atom stereocenters. The zero-order valence-corrected chi connectivity index (χ0v) is 8.15. The molecule has 0 aliphatic heterocycles. The molecule has 0 nitrogen and oxygen atoms in total. The second kappa shape index (κ2) is 4.76. The largest absolute Gasteiger partial charge is 0.0651 e. The molecule has 0 N–H and O–H groups in total. The van der Waals surface area contributed by atoms with Gasteiger partial charge in [-0.3, -0.25) is 0 Å². The highest BCUT2D eigenvalue weighted by Crippen LogP contribution is 2.20. The van der Waals surface area contributed by atoms with E-state index in [-0.39, 0.29) is 0 Å². The molecule has 0 saturated heterocycles. The molecule has 2 atom stereocenters. The van der Waals surface area contributed by atoms with Crippen molar-refractivity contribution in [1.29, 1.82) is 0 Å². The predicted molar refractivity (Wildman–Crippen MR) is 48.1 cm³/mol. The van der Waals surface area contributed by atoms with Crippen molar-refractivity contribution in [2.45, 2.75) is 47.5 Å². The summed E-state index contributed by atoms with van der Waals surface area (Å²) in [6.07, 6.45) is 2.73. The van der Waals surface area contributed by atoms with Crippen LogP contribution in [-0.2, 0) is 0 Å². The molecule has 0 spiro atoms. The van der Waals surface area contributed by atoms with E-state index in [1.165, 1.54) is 12.8 Å². The first-order valence-corrected chi connectivity index (χ1v) is 4.57. The third-order valence-electron chi connectivity index (χ3n) is 2.61. The molecular weight excluding hydrogens is 120 g/mol. The molecule has 0 heteroatoms. The minimum atomic E-state index is 0.856. The Kier molecular flexibility index (Phi) is 4.76. The molecule has 0 bridgehead atoms. The predicted octanol–water partition coefficient (Wildman–Crippen LogP) is 3.71. The summed E-state index contributed by atoms with van der Waals surface area (Å²) in [5, 5.41) is 0. The quantitative estimate of drug-likeness (QED) is 0.561. The molecule has 10 heavy (non-hydrogen) atoms. The normalized spacial score (nSPS) is 17.4. The van der Waals surface area contributed by atoms with Crippen LogP contribution in [0.1, 0.15) is 47.5 Å². The Morgan fingerprint density at radius 3 is 1.80 bits per heavy atom. The zero-order valence-electron chi connectivity index (χ0n) is 8.15. The molecule has 0 heterocycles. The molecule has 0 aromatic rings. The first kappa shape index (κ1) is 10.0. The average Bonchev–Trinajstić information content (AvgIpc) is 1.87. The maximum atomic E-state index is 2.36. The molecule has 0 aliphatic rings. The average molecular weight is 142 g/mol. The Labute approximate surface area is 66.0 Å². The van der Waals surface area contributed by atoms with Crippen molar-refractivity contribution in [1.82, 2.24) is 0 Å². The van der Waals surface area contributed by atoms with E-state index in [9.17, 15) is 0 Å². The molecule has 0 fully saturated rings. The smallest absolute Gasteiger partial charge is 0.0417 e. The van der Waals surface area contributed by atoms with Crippen LogP contribution in [0.25, 0.3) is 0 Å². The van der Waals surface area contributed by atoms with Gasteiger partial charge in [-0.15, -0.1) is 0 Å². The first-order chi connectivity index (χ1) is 4.57. The van der Waals surface area contributed by atoms with Crippen molar-refractivity contribution in [2.75, 3.05) is 0 Å². The maximum absolute atomic E-state index is 2.36. The van der Waals surface area contributed by atoms with Crippen molar-refractivity contribution >= 4 is 0 Å². The van der Waals surface area contributed by atoms with Gasteiger partial charge in [-0.1, -0.05) is 41.0 Å². The lowest BCUT2D eigenvalue weighted by molar-refractivity contribution is 0.327. The van der Waals surface area contributed by atoms with Crippen LogP contribution in [0.5, 0.6) is 0 Å². The van der Waals surface area contributed by atoms with E-state index in [2.05, 4.69) is 34.6 Å². The molecule has 0 radical (unpaired) electrons. The SMILES string of the molecule is CC[C@@H](C)C[C@@H](C)C(C)C. The standard InChI is InChI=1S/C10H22/c1-6-9(4)7-10(5)8(2)3/h8-10H,6-7H2,1-5H3/t9-,10-/m1/s1. The van der Waals surface area contributed by atoms with Gasteiger partial charge in [-0.25, -0.2) is 0 Å². The summed E-state index contributed by atoms with van der Waals surface area (Å²) >= 11 is 0. The highest BCUT2D eigenvalue weighted by atomic mass is 14.2. The topological polar surface area (TPSA) is 0 Å². The Morgan fingerprint density at radius 1 is 1.00 bits per heavy atom. The van der Waals surface area contributed by atoms with Crippen molar-refractivity contribution in [3.63, 3.8) is 0 Å². The number of hydrogen-bond donors (Lipinski definition) is 0. The fraction of sp³-hybridized carbons (Fsp3) is 1.00. The van der Waals surface area contributed by atoms with Crippen molar-refractivity contribution in [2.24, 2.45) is 17.8 Å². The lowest BCUT2D eigenvalue weighted by Gasteiger charge is -2.18. The van der Waals surface area contributed by atoms with Gasteiger partial charge in [-0.2, -0.15) is 0 Å². The van der Waals surface area contributed by atoms with Crippen LogP contribution in [0.3, 0.4) is 0 Å². The summed E-state index contributed by atoms with van der Waals surface area (Å²) in [7, 11) is 0. The summed E-state index contributed by atoms with van der Waals surface area (Å²) in [5.74, 6) is 2.67. The fourth-order valence-electron chi connectivity index (χ4n) is 1.07. The van der Waals surface area contributed by atoms with E-state index in [1.807, 2.05) is 0 Å². The molecule has 0 aromatic heterocycles. The van der Waals surface area contributed by atoms with Crippen molar-refractivity contribution in [3.8, 4) is 0 Å². The Balaban J connectivity index is 3.46. The minimum absolute atomic E-state index is 0.856.